The van der Waals surface area contributed by atoms with E-state index in [-0.39, 0.29) is 6.03 Å². The zero-order valence-corrected chi connectivity index (χ0v) is 12.5. The fourth-order valence-corrected chi connectivity index (χ4v) is 3.15. The largest absolute Gasteiger partial charge is 0.480 e. The molecule has 110 valence electrons. The molecule has 2 rings (SSSR count). The topological polar surface area (TPSA) is 82.5 Å². The summed E-state index contributed by atoms with van der Waals surface area (Å²) in [5.41, 5.74) is -1.10. The number of urea groups is 1. The van der Waals surface area contributed by atoms with Gasteiger partial charge in [0, 0.05) is 17.6 Å². The standard InChI is InChI=1S/C13H19N3O3S/c1-3-9-7-14-10(20-9)8-15-12(19)16-6-4-5-13(16,2)11(17)18/h7H,3-6,8H2,1-2H3,(H,15,19)(H,17,18). The highest BCUT2D eigenvalue weighted by Crippen LogP contribution is 2.29. The predicted octanol–water partition coefficient (Wildman–Crippen LogP) is 1.85. The number of aryl methyl sites for hydroxylation is 1. The smallest absolute Gasteiger partial charge is 0.329 e. The number of hydrogen-bond donors (Lipinski definition) is 2. The maximum atomic E-state index is 12.1. The van der Waals surface area contributed by atoms with Gasteiger partial charge in [-0.25, -0.2) is 14.6 Å². The van der Waals surface area contributed by atoms with Gasteiger partial charge in [0.25, 0.3) is 0 Å². The molecule has 0 saturated carbocycles. The Hall–Kier alpha value is -1.63. The van der Waals surface area contributed by atoms with Crippen LogP contribution >= 0.6 is 11.3 Å². The van der Waals surface area contributed by atoms with Gasteiger partial charge in [0.1, 0.15) is 10.5 Å². The Morgan fingerprint density at radius 1 is 1.60 bits per heavy atom. The third-order valence-electron chi connectivity index (χ3n) is 3.69. The molecule has 2 amide bonds. The van der Waals surface area contributed by atoms with Gasteiger partial charge in [-0.3, -0.25) is 0 Å². The Morgan fingerprint density at radius 2 is 2.35 bits per heavy atom. The van der Waals surface area contributed by atoms with Crippen LogP contribution in [0.25, 0.3) is 0 Å². The third-order valence-corrected chi connectivity index (χ3v) is 4.83. The van der Waals surface area contributed by atoms with Crippen LogP contribution in [0.4, 0.5) is 4.79 Å². The van der Waals surface area contributed by atoms with Crippen molar-refractivity contribution in [2.75, 3.05) is 6.54 Å². The Balaban J connectivity index is 1.96. The highest BCUT2D eigenvalue weighted by Gasteiger charge is 2.45. The summed E-state index contributed by atoms with van der Waals surface area (Å²) in [6, 6.07) is -0.333. The molecule has 1 unspecified atom stereocenters. The summed E-state index contributed by atoms with van der Waals surface area (Å²) in [6.45, 7) is 4.47. The van der Waals surface area contributed by atoms with Crippen LogP contribution < -0.4 is 5.32 Å². The molecular formula is C13H19N3O3S. The van der Waals surface area contributed by atoms with Crippen molar-refractivity contribution in [1.82, 2.24) is 15.2 Å². The van der Waals surface area contributed by atoms with Crippen molar-refractivity contribution in [3.63, 3.8) is 0 Å². The molecule has 20 heavy (non-hydrogen) atoms. The van der Waals surface area contributed by atoms with E-state index in [1.165, 1.54) is 9.78 Å². The van der Waals surface area contributed by atoms with E-state index < -0.39 is 11.5 Å². The predicted molar refractivity (Wildman–Crippen MR) is 75.7 cm³/mol. The second kappa shape index (κ2) is 5.78. The van der Waals surface area contributed by atoms with Crippen molar-refractivity contribution in [2.45, 2.75) is 45.2 Å². The van der Waals surface area contributed by atoms with E-state index in [0.29, 0.717) is 25.9 Å². The zero-order valence-electron chi connectivity index (χ0n) is 11.7. The summed E-state index contributed by atoms with van der Waals surface area (Å²) in [7, 11) is 0. The molecule has 1 fully saturated rings. The normalized spacial score (nSPS) is 22.0. The summed E-state index contributed by atoms with van der Waals surface area (Å²) < 4.78 is 0. The summed E-state index contributed by atoms with van der Waals surface area (Å²) in [5.74, 6) is -0.951. The lowest BCUT2D eigenvalue weighted by Gasteiger charge is -2.31. The van der Waals surface area contributed by atoms with Gasteiger partial charge < -0.3 is 15.3 Å². The van der Waals surface area contributed by atoms with Gasteiger partial charge in [-0.15, -0.1) is 11.3 Å². The minimum absolute atomic E-state index is 0.333. The van der Waals surface area contributed by atoms with Crippen molar-refractivity contribution in [1.29, 1.82) is 0 Å². The van der Waals surface area contributed by atoms with Gasteiger partial charge >= 0.3 is 12.0 Å². The molecule has 1 aliphatic heterocycles. The molecule has 1 aliphatic rings. The molecule has 2 heterocycles. The van der Waals surface area contributed by atoms with E-state index in [1.54, 1.807) is 18.3 Å². The van der Waals surface area contributed by atoms with Crippen LogP contribution in [0.2, 0.25) is 0 Å². The van der Waals surface area contributed by atoms with E-state index in [2.05, 4.69) is 17.2 Å². The summed E-state index contributed by atoms with van der Waals surface area (Å²) in [5, 5.41) is 12.9. The highest BCUT2D eigenvalue weighted by molar-refractivity contribution is 7.11. The van der Waals surface area contributed by atoms with Crippen LogP contribution in [-0.4, -0.2) is 39.1 Å². The van der Waals surface area contributed by atoms with Gasteiger partial charge in [0.15, 0.2) is 0 Å². The Kier molecular flexibility index (Phi) is 4.27. The minimum Gasteiger partial charge on any atom is -0.480 e. The fraction of sp³-hybridized carbons (Fsp3) is 0.615. The van der Waals surface area contributed by atoms with Crippen molar-refractivity contribution in [3.8, 4) is 0 Å². The van der Waals surface area contributed by atoms with E-state index in [4.69, 9.17) is 0 Å². The number of carbonyl (C=O) groups is 2. The van der Waals surface area contributed by atoms with Crippen LogP contribution in [-0.2, 0) is 17.8 Å². The Morgan fingerprint density at radius 3 is 2.95 bits per heavy atom. The molecule has 2 N–H and O–H groups in total. The Labute approximate surface area is 121 Å². The molecule has 0 spiro atoms. The van der Waals surface area contributed by atoms with Gasteiger partial charge in [-0.1, -0.05) is 6.92 Å². The first kappa shape index (κ1) is 14.8. The molecule has 7 heteroatoms. The van der Waals surface area contributed by atoms with Crippen molar-refractivity contribution < 1.29 is 14.7 Å². The first-order valence-corrected chi connectivity index (χ1v) is 7.51. The van der Waals surface area contributed by atoms with Crippen LogP contribution in [0.1, 0.15) is 36.6 Å². The Bertz CT molecular complexity index is 517. The van der Waals surface area contributed by atoms with Crippen molar-refractivity contribution in [2.24, 2.45) is 0 Å². The van der Waals surface area contributed by atoms with E-state index in [1.807, 2.05) is 6.20 Å². The average Bonchev–Trinajstić information content (AvgIpc) is 3.03. The van der Waals surface area contributed by atoms with Gasteiger partial charge in [-0.2, -0.15) is 0 Å². The lowest BCUT2D eigenvalue weighted by molar-refractivity contribution is -0.147. The summed E-state index contributed by atoms with van der Waals surface area (Å²) >= 11 is 1.56. The molecule has 1 atom stereocenters. The van der Waals surface area contributed by atoms with Crippen LogP contribution in [0.3, 0.4) is 0 Å². The first-order chi connectivity index (χ1) is 9.47. The lowest BCUT2D eigenvalue weighted by atomic mass is 10.00. The van der Waals surface area contributed by atoms with E-state index in [9.17, 15) is 14.7 Å². The monoisotopic (exact) mass is 297 g/mol. The van der Waals surface area contributed by atoms with Crippen LogP contribution in [0, 0.1) is 0 Å². The van der Waals surface area contributed by atoms with Crippen LogP contribution in [0.15, 0.2) is 6.20 Å². The maximum absolute atomic E-state index is 12.1. The number of nitrogens with zero attached hydrogens (tertiary/aromatic N) is 2. The number of likely N-dealkylation sites (tertiary alicyclic amines) is 1. The molecule has 6 nitrogen and oxygen atoms in total. The second-order valence-corrected chi connectivity index (χ2v) is 6.27. The number of nitrogens with one attached hydrogen (secondary N) is 1. The maximum Gasteiger partial charge on any atom is 0.329 e. The second-order valence-electron chi connectivity index (χ2n) is 5.07. The number of aromatic nitrogens is 1. The third kappa shape index (κ3) is 2.77. The number of carboxylic acids is 1. The number of thiazole rings is 1. The number of rotatable bonds is 4. The van der Waals surface area contributed by atoms with E-state index in [0.717, 1.165) is 11.4 Å². The number of aliphatic carboxylic acids is 1. The molecule has 0 aromatic carbocycles. The molecule has 1 aromatic heterocycles. The van der Waals surface area contributed by atoms with Crippen molar-refractivity contribution >= 4 is 23.3 Å². The molecule has 0 radical (unpaired) electrons. The first-order valence-electron chi connectivity index (χ1n) is 6.70. The molecule has 1 saturated heterocycles. The fourth-order valence-electron chi connectivity index (χ4n) is 2.35. The quantitative estimate of drug-likeness (QED) is 0.888. The summed E-state index contributed by atoms with van der Waals surface area (Å²) in [6.07, 6.45) is 3.94. The molecular weight excluding hydrogens is 278 g/mol. The van der Waals surface area contributed by atoms with E-state index >= 15 is 0 Å². The highest BCUT2D eigenvalue weighted by atomic mass is 32.1. The SMILES string of the molecule is CCc1cnc(CNC(=O)N2CCCC2(C)C(=O)O)s1. The molecule has 1 aromatic rings. The summed E-state index contributed by atoms with van der Waals surface area (Å²) in [4.78, 5) is 30.3. The molecule has 0 aliphatic carbocycles. The minimum atomic E-state index is -1.10. The number of carbonyl (C=O) groups excluding carboxylic acids is 1. The van der Waals surface area contributed by atoms with Gasteiger partial charge in [0.2, 0.25) is 0 Å². The molecule has 0 bridgehead atoms. The average molecular weight is 297 g/mol. The number of carboxylic acid groups (broad SMARTS) is 1. The van der Waals surface area contributed by atoms with Gasteiger partial charge in [0.05, 0.1) is 6.54 Å². The zero-order chi connectivity index (χ0) is 14.8. The van der Waals surface area contributed by atoms with Crippen LogP contribution in [0.5, 0.6) is 0 Å². The number of hydrogen-bond acceptors (Lipinski definition) is 4. The number of amides is 2. The lowest BCUT2D eigenvalue weighted by Crippen LogP contribution is -2.53. The van der Waals surface area contributed by atoms with Gasteiger partial charge in [-0.05, 0) is 26.2 Å². The van der Waals surface area contributed by atoms with Crippen molar-refractivity contribution in [3.05, 3.63) is 16.1 Å².